The van der Waals surface area contributed by atoms with Crippen molar-refractivity contribution in [2.24, 2.45) is 0 Å². The minimum absolute atomic E-state index is 0.468. The van der Waals surface area contributed by atoms with E-state index in [0.717, 1.165) is 5.02 Å². The summed E-state index contributed by atoms with van der Waals surface area (Å²) in [6, 6.07) is 4.31. The Morgan fingerprint density at radius 3 is 2.39 bits per heavy atom. The third-order valence-corrected chi connectivity index (χ3v) is 4.80. The topological polar surface area (TPSA) is 0 Å². The van der Waals surface area contributed by atoms with E-state index in [-0.39, 0.29) is 0 Å². The van der Waals surface area contributed by atoms with E-state index in [4.69, 9.17) is 11.6 Å². The normalized spacial score (nSPS) is 12.7. The lowest BCUT2D eigenvalue weighted by atomic mass is 9.99. The Hall–Kier alpha value is -0.0100. The molecular formula is C16H24BrCl. The van der Waals surface area contributed by atoms with Crippen LogP contribution < -0.4 is 0 Å². The summed E-state index contributed by atoms with van der Waals surface area (Å²) >= 11 is 9.96. The van der Waals surface area contributed by atoms with E-state index >= 15 is 0 Å². The average Bonchev–Trinajstić information content (AvgIpc) is 2.33. The standard InChI is InChI=1S/C16H24BrCl/c1-4-5-6-7-8-9-15(17)14-10-13(3)16(18)11-12(14)2/h10-11,15H,4-9H2,1-3H3. The fraction of sp³-hybridized carbons (Fsp3) is 0.625. The van der Waals surface area contributed by atoms with Gasteiger partial charge in [0.25, 0.3) is 0 Å². The molecule has 0 N–H and O–H groups in total. The zero-order valence-corrected chi connectivity index (χ0v) is 14.1. The molecule has 0 aliphatic rings. The summed E-state index contributed by atoms with van der Waals surface area (Å²) in [5, 5.41) is 0.874. The Morgan fingerprint density at radius 2 is 1.72 bits per heavy atom. The highest BCUT2D eigenvalue weighted by Crippen LogP contribution is 2.33. The maximum absolute atomic E-state index is 6.14. The number of alkyl halides is 1. The van der Waals surface area contributed by atoms with Crippen LogP contribution in [0.15, 0.2) is 12.1 Å². The third kappa shape index (κ3) is 4.93. The van der Waals surface area contributed by atoms with Crippen molar-refractivity contribution in [3.05, 3.63) is 33.8 Å². The molecule has 1 aromatic carbocycles. The van der Waals surface area contributed by atoms with E-state index in [1.807, 2.05) is 0 Å². The fourth-order valence-electron chi connectivity index (χ4n) is 2.22. The van der Waals surface area contributed by atoms with Crippen LogP contribution in [0.5, 0.6) is 0 Å². The second-order valence-electron chi connectivity index (χ2n) is 5.13. The molecule has 1 atom stereocenters. The summed E-state index contributed by atoms with van der Waals surface area (Å²) in [6.45, 7) is 6.48. The van der Waals surface area contributed by atoms with E-state index in [9.17, 15) is 0 Å². The van der Waals surface area contributed by atoms with Crippen LogP contribution in [-0.4, -0.2) is 0 Å². The highest BCUT2D eigenvalue weighted by atomic mass is 79.9. The number of aryl methyl sites for hydroxylation is 2. The highest BCUT2D eigenvalue weighted by Gasteiger charge is 2.11. The lowest BCUT2D eigenvalue weighted by Crippen LogP contribution is -1.96. The second kappa shape index (κ2) is 8.22. The van der Waals surface area contributed by atoms with Crippen LogP contribution in [0.3, 0.4) is 0 Å². The molecule has 0 saturated carbocycles. The molecule has 0 aromatic heterocycles. The molecule has 0 radical (unpaired) electrons. The van der Waals surface area contributed by atoms with Crippen molar-refractivity contribution in [3.8, 4) is 0 Å². The monoisotopic (exact) mass is 330 g/mol. The van der Waals surface area contributed by atoms with E-state index < -0.39 is 0 Å². The van der Waals surface area contributed by atoms with Crippen molar-refractivity contribution in [1.82, 2.24) is 0 Å². The Labute approximate surface area is 125 Å². The molecule has 0 bridgehead atoms. The third-order valence-electron chi connectivity index (χ3n) is 3.45. The van der Waals surface area contributed by atoms with Gasteiger partial charge in [-0.1, -0.05) is 72.6 Å². The van der Waals surface area contributed by atoms with Crippen LogP contribution in [-0.2, 0) is 0 Å². The number of rotatable bonds is 7. The number of benzene rings is 1. The molecule has 18 heavy (non-hydrogen) atoms. The summed E-state index contributed by atoms with van der Waals surface area (Å²) in [4.78, 5) is 0.468. The molecule has 0 aliphatic carbocycles. The van der Waals surface area contributed by atoms with Crippen LogP contribution in [0.1, 0.15) is 67.0 Å². The zero-order valence-electron chi connectivity index (χ0n) is 11.7. The number of unbranched alkanes of at least 4 members (excludes halogenated alkanes) is 4. The first-order chi connectivity index (χ1) is 8.56. The molecule has 2 heteroatoms. The first kappa shape index (κ1) is 16.0. The van der Waals surface area contributed by atoms with Gasteiger partial charge in [0.05, 0.1) is 0 Å². The highest BCUT2D eigenvalue weighted by molar-refractivity contribution is 9.09. The van der Waals surface area contributed by atoms with Gasteiger partial charge in [0, 0.05) is 9.85 Å². The molecule has 0 aliphatic heterocycles. The molecule has 0 amide bonds. The second-order valence-corrected chi connectivity index (χ2v) is 6.64. The van der Waals surface area contributed by atoms with E-state index in [1.54, 1.807) is 0 Å². The Kier molecular flexibility index (Phi) is 7.33. The van der Waals surface area contributed by atoms with Crippen molar-refractivity contribution in [2.75, 3.05) is 0 Å². The molecule has 0 nitrogen and oxygen atoms in total. The zero-order chi connectivity index (χ0) is 13.5. The predicted molar refractivity (Wildman–Crippen MR) is 86.0 cm³/mol. The van der Waals surface area contributed by atoms with Gasteiger partial charge in [-0.15, -0.1) is 0 Å². The quantitative estimate of drug-likeness (QED) is 0.383. The minimum Gasteiger partial charge on any atom is -0.0840 e. The molecule has 1 aromatic rings. The van der Waals surface area contributed by atoms with Gasteiger partial charge >= 0.3 is 0 Å². The summed E-state index contributed by atoms with van der Waals surface area (Å²) in [5.74, 6) is 0. The molecule has 0 spiro atoms. The van der Waals surface area contributed by atoms with E-state index in [1.165, 1.54) is 55.2 Å². The first-order valence-corrected chi connectivity index (χ1v) is 8.26. The summed E-state index contributed by atoms with van der Waals surface area (Å²) < 4.78 is 0. The maximum Gasteiger partial charge on any atom is 0.0438 e. The van der Waals surface area contributed by atoms with E-state index in [0.29, 0.717) is 4.83 Å². The number of halogens is 2. The largest absolute Gasteiger partial charge is 0.0840 e. The van der Waals surface area contributed by atoms with Gasteiger partial charge in [-0.25, -0.2) is 0 Å². The summed E-state index contributed by atoms with van der Waals surface area (Å²) in [6.07, 6.45) is 7.92. The van der Waals surface area contributed by atoms with Crippen LogP contribution in [0.2, 0.25) is 5.02 Å². The molecule has 1 unspecified atom stereocenters. The van der Waals surface area contributed by atoms with Gasteiger partial charge in [-0.2, -0.15) is 0 Å². The first-order valence-electron chi connectivity index (χ1n) is 6.97. The minimum atomic E-state index is 0.468. The van der Waals surface area contributed by atoms with Crippen molar-refractivity contribution >= 4 is 27.5 Å². The van der Waals surface area contributed by atoms with E-state index in [2.05, 4.69) is 48.8 Å². The van der Waals surface area contributed by atoms with Gasteiger partial charge in [0.15, 0.2) is 0 Å². The molecule has 1 rings (SSSR count). The van der Waals surface area contributed by atoms with Crippen LogP contribution in [0.4, 0.5) is 0 Å². The fourth-order valence-corrected chi connectivity index (χ4v) is 3.26. The van der Waals surface area contributed by atoms with Gasteiger partial charge in [0.2, 0.25) is 0 Å². The Morgan fingerprint density at radius 1 is 1.06 bits per heavy atom. The van der Waals surface area contributed by atoms with Gasteiger partial charge in [0.1, 0.15) is 0 Å². The molecule has 0 heterocycles. The Balaban J connectivity index is 2.51. The molecule has 0 saturated heterocycles. The SMILES string of the molecule is CCCCCCCC(Br)c1cc(C)c(Cl)cc1C. The van der Waals surface area contributed by atoms with Gasteiger partial charge in [-0.05, 0) is 43.0 Å². The molecule has 102 valence electrons. The smallest absolute Gasteiger partial charge is 0.0438 e. The number of hydrogen-bond acceptors (Lipinski definition) is 0. The van der Waals surface area contributed by atoms with Crippen molar-refractivity contribution in [3.63, 3.8) is 0 Å². The van der Waals surface area contributed by atoms with Crippen molar-refractivity contribution in [2.45, 2.75) is 64.1 Å². The lowest BCUT2D eigenvalue weighted by Gasteiger charge is -2.15. The van der Waals surface area contributed by atoms with Crippen LogP contribution in [0, 0.1) is 13.8 Å². The summed E-state index contributed by atoms with van der Waals surface area (Å²) in [5.41, 5.74) is 3.86. The number of hydrogen-bond donors (Lipinski definition) is 0. The molecule has 0 fully saturated rings. The molecular weight excluding hydrogens is 308 g/mol. The average molecular weight is 332 g/mol. The maximum atomic E-state index is 6.14. The van der Waals surface area contributed by atoms with Gasteiger partial charge in [-0.3, -0.25) is 0 Å². The van der Waals surface area contributed by atoms with Crippen LogP contribution >= 0.6 is 27.5 Å². The summed E-state index contributed by atoms with van der Waals surface area (Å²) in [7, 11) is 0. The lowest BCUT2D eigenvalue weighted by molar-refractivity contribution is 0.605. The predicted octanol–water partition coefficient (Wildman–Crippen LogP) is 6.75. The van der Waals surface area contributed by atoms with Crippen molar-refractivity contribution < 1.29 is 0 Å². The van der Waals surface area contributed by atoms with Gasteiger partial charge < -0.3 is 0 Å². The Bertz CT molecular complexity index is 374. The van der Waals surface area contributed by atoms with Crippen molar-refractivity contribution in [1.29, 1.82) is 0 Å². The van der Waals surface area contributed by atoms with Crippen LogP contribution in [0.25, 0.3) is 0 Å².